The summed E-state index contributed by atoms with van der Waals surface area (Å²) in [5.74, 6) is 1.70. The molecule has 0 aromatic carbocycles. The van der Waals surface area contributed by atoms with Crippen molar-refractivity contribution in [3.8, 4) is 0 Å². The van der Waals surface area contributed by atoms with Crippen LogP contribution in [0.15, 0.2) is 0 Å². The second-order valence-corrected chi connectivity index (χ2v) is 5.98. The predicted octanol–water partition coefficient (Wildman–Crippen LogP) is 3.12. The molecule has 100 valence electrons. The average molecular weight is 281 g/mol. The number of rotatable bonds is 6. The highest BCUT2D eigenvalue weighted by Crippen LogP contribution is 2.31. The van der Waals surface area contributed by atoms with Crippen LogP contribution in [0.1, 0.15) is 39.0 Å². The summed E-state index contributed by atoms with van der Waals surface area (Å²) in [6, 6.07) is 0. The van der Waals surface area contributed by atoms with Crippen LogP contribution in [0.3, 0.4) is 0 Å². The summed E-state index contributed by atoms with van der Waals surface area (Å²) in [6.45, 7) is 2.91. The maximum atomic E-state index is 10.8. The van der Waals surface area contributed by atoms with E-state index in [1.54, 1.807) is 11.9 Å². The standard InChI is InChI=1S/C11H21ClN2O2S/c1-11(13-10(15)16)6-2-4-8-14(11)17-9-5-3-7-12/h13H,2-9H2,1H3,(H,15,16). The number of halogens is 1. The molecule has 4 nitrogen and oxygen atoms in total. The van der Waals surface area contributed by atoms with Gasteiger partial charge in [0.15, 0.2) is 0 Å². The van der Waals surface area contributed by atoms with Crippen LogP contribution in [-0.4, -0.2) is 39.3 Å². The van der Waals surface area contributed by atoms with E-state index in [9.17, 15) is 4.79 Å². The lowest BCUT2D eigenvalue weighted by Gasteiger charge is -2.43. The third-order valence-electron chi connectivity index (χ3n) is 2.98. The van der Waals surface area contributed by atoms with Crippen LogP contribution in [0.5, 0.6) is 0 Å². The fraction of sp³-hybridized carbons (Fsp3) is 0.909. The molecule has 1 amide bonds. The first-order valence-corrected chi connectivity index (χ1v) is 7.54. The highest BCUT2D eigenvalue weighted by atomic mass is 35.5. The van der Waals surface area contributed by atoms with Gasteiger partial charge in [0.05, 0.1) is 0 Å². The number of amides is 1. The maximum Gasteiger partial charge on any atom is 0.406 e. The number of hydrogen-bond donors (Lipinski definition) is 2. The molecule has 0 spiro atoms. The normalized spacial score (nSPS) is 25.8. The summed E-state index contributed by atoms with van der Waals surface area (Å²) in [7, 11) is 0. The van der Waals surface area contributed by atoms with E-state index in [0.29, 0.717) is 5.88 Å². The number of carbonyl (C=O) groups is 1. The van der Waals surface area contributed by atoms with Gasteiger partial charge in [0.1, 0.15) is 5.66 Å². The predicted molar refractivity (Wildman–Crippen MR) is 72.5 cm³/mol. The summed E-state index contributed by atoms with van der Waals surface area (Å²) in [5.41, 5.74) is -0.421. The number of unbranched alkanes of at least 4 members (excludes halogenated alkanes) is 1. The Morgan fingerprint density at radius 1 is 1.53 bits per heavy atom. The second-order valence-electron chi connectivity index (χ2n) is 4.49. The Kier molecular flexibility index (Phi) is 6.44. The molecule has 1 rings (SSSR count). The lowest BCUT2D eigenvalue weighted by molar-refractivity contribution is 0.111. The van der Waals surface area contributed by atoms with E-state index >= 15 is 0 Å². The minimum Gasteiger partial charge on any atom is -0.465 e. The van der Waals surface area contributed by atoms with Gasteiger partial charge in [0.25, 0.3) is 0 Å². The molecule has 0 aliphatic carbocycles. The minimum atomic E-state index is -0.944. The number of carboxylic acid groups (broad SMARTS) is 1. The third-order valence-corrected chi connectivity index (χ3v) is 4.61. The Hall–Kier alpha value is -0.130. The quantitative estimate of drug-likeness (QED) is 0.446. The van der Waals surface area contributed by atoms with Gasteiger partial charge < -0.3 is 10.4 Å². The Balaban J connectivity index is 2.44. The molecular weight excluding hydrogens is 260 g/mol. The van der Waals surface area contributed by atoms with Gasteiger partial charge in [0, 0.05) is 18.2 Å². The van der Waals surface area contributed by atoms with Crippen LogP contribution in [-0.2, 0) is 0 Å². The van der Waals surface area contributed by atoms with Crippen LogP contribution in [0.2, 0.25) is 0 Å². The average Bonchev–Trinajstić information content (AvgIpc) is 2.25. The van der Waals surface area contributed by atoms with Gasteiger partial charge in [-0.25, -0.2) is 9.10 Å². The SMILES string of the molecule is CC1(NC(=O)O)CCCCN1SCCCCCl. The van der Waals surface area contributed by atoms with Crippen molar-refractivity contribution >= 4 is 29.6 Å². The van der Waals surface area contributed by atoms with Crippen molar-refractivity contribution in [3.63, 3.8) is 0 Å². The first-order valence-electron chi connectivity index (χ1n) is 6.06. The van der Waals surface area contributed by atoms with E-state index in [4.69, 9.17) is 16.7 Å². The van der Waals surface area contributed by atoms with Crippen molar-refractivity contribution in [2.45, 2.75) is 44.7 Å². The van der Waals surface area contributed by atoms with Gasteiger partial charge in [-0.05, 0) is 39.0 Å². The first kappa shape index (κ1) is 14.9. The number of alkyl halides is 1. The Labute approximate surface area is 112 Å². The van der Waals surface area contributed by atoms with Gasteiger partial charge in [-0.15, -0.1) is 11.6 Å². The van der Waals surface area contributed by atoms with Gasteiger partial charge in [-0.1, -0.05) is 11.9 Å². The molecule has 1 fully saturated rings. The molecule has 0 aromatic rings. The highest BCUT2D eigenvalue weighted by Gasteiger charge is 2.36. The summed E-state index contributed by atoms with van der Waals surface area (Å²) in [6.07, 6.45) is 4.25. The molecule has 1 aliphatic rings. The van der Waals surface area contributed by atoms with Crippen molar-refractivity contribution in [1.29, 1.82) is 0 Å². The zero-order chi connectivity index (χ0) is 12.7. The highest BCUT2D eigenvalue weighted by molar-refractivity contribution is 7.97. The zero-order valence-electron chi connectivity index (χ0n) is 10.2. The largest absolute Gasteiger partial charge is 0.465 e. The molecule has 0 radical (unpaired) electrons. The Bertz CT molecular complexity index is 256. The number of piperidine rings is 1. The van der Waals surface area contributed by atoms with E-state index < -0.39 is 11.8 Å². The van der Waals surface area contributed by atoms with Gasteiger partial charge in [-0.3, -0.25) is 0 Å². The van der Waals surface area contributed by atoms with Crippen LogP contribution in [0, 0.1) is 0 Å². The molecule has 0 saturated carbocycles. The van der Waals surface area contributed by atoms with E-state index in [2.05, 4.69) is 9.62 Å². The molecule has 1 saturated heterocycles. The summed E-state index contributed by atoms with van der Waals surface area (Å²) >= 11 is 7.37. The minimum absolute atomic E-state index is 0.421. The number of nitrogens with zero attached hydrogens (tertiary/aromatic N) is 1. The van der Waals surface area contributed by atoms with Crippen LogP contribution in [0.4, 0.5) is 4.79 Å². The number of hydrogen-bond acceptors (Lipinski definition) is 3. The molecule has 1 heterocycles. The van der Waals surface area contributed by atoms with E-state index in [0.717, 1.165) is 44.4 Å². The van der Waals surface area contributed by atoms with Crippen LogP contribution in [0.25, 0.3) is 0 Å². The number of nitrogens with one attached hydrogen (secondary N) is 1. The van der Waals surface area contributed by atoms with Crippen molar-refractivity contribution in [3.05, 3.63) is 0 Å². The maximum absolute atomic E-state index is 10.8. The lowest BCUT2D eigenvalue weighted by atomic mass is 10.00. The molecule has 1 aliphatic heterocycles. The van der Waals surface area contributed by atoms with Crippen LogP contribution < -0.4 is 5.32 Å². The molecule has 2 N–H and O–H groups in total. The first-order chi connectivity index (χ1) is 8.08. The van der Waals surface area contributed by atoms with E-state index in [1.807, 2.05) is 6.92 Å². The topological polar surface area (TPSA) is 52.6 Å². The summed E-state index contributed by atoms with van der Waals surface area (Å²) < 4.78 is 2.18. The molecule has 17 heavy (non-hydrogen) atoms. The van der Waals surface area contributed by atoms with Gasteiger partial charge >= 0.3 is 6.09 Å². The van der Waals surface area contributed by atoms with E-state index in [1.165, 1.54) is 0 Å². The van der Waals surface area contributed by atoms with Crippen molar-refractivity contribution < 1.29 is 9.90 Å². The molecule has 6 heteroatoms. The molecule has 1 unspecified atom stereocenters. The molecule has 1 atom stereocenters. The lowest BCUT2D eigenvalue weighted by Crippen LogP contribution is -2.57. The summed E-state index contributed by atoms with van der Waals surface area (Å²) in [4.78, 5) is 10.8. The fourth-order valence-corrected chi connectivity index (χ4v) is 3.45. The molecule has 0 aromatic heterocycles. The molecule has 0 bridgehead atoms. The Morgan fingerprint density at radius 2 is 2.29 bits per heavy atom. The second kappa shape index (κ2) is 7.34. The zero-order valence-corrected chi connectivity index (χ0v) is 11.8. The smallest absolute Gasteiger partial charge is 0.406 e. The third kappa shape index (κ3) is 4.94. The van der Waals surface area contributed by atoms with Gasteiger partial charge in [0.2, 0.25) is 0 Å². The van der Waals surface area contributed by atoms with Gasteiger partial charge in [-0.2, -0.15) is 0 Å². The fourth-order valence-electron chi connectivity index (χ4n) is 2.03. The monoisotopic (exact) mass is 280 g/mol. The van der Waals surface area contributed by atoms with Crippen molar-refractivity contribution in [1.82, 2.24) is 9.62 Å². The molecular formula is C11H21ClN2O2S. The van der Waals surface area contributed by atoms with E-state index in [-0.39, 0.29) is 0 Å². The summed E-state index contributed by atoms with van der Waals surface area (Å²) in [5, 5.41) is 11.5. The van der Waals surface area contributed by atoms with Crippen LogP contribution >= 0.6 is 23.5 Å². The Morgan fingerprint density at radius 3 is 2.94 bits per heavy atom. The van der Waals surface area contributed by atoms with Crippen molar-refractivity contribution in [2.75, 3.05) is 18.2 Å². The van der Waals surface area contributed by atoms with Crippen molar-refractivity contribution in [2.24, 2.45) is 0 Å².